The molecule has 0 unspecified atom stereocenters. The molecule has 2 rings (SSSR count). The van der Waals surface area contributed by atoms with Crippen molar-refractivity contribution in [2.75, 3.05) is 11.9 Å². The Balaban J connectivity index is 1.67. The monoisotopic (exact) mass is 352 g/mol. The fourth-order valence-electron chi connectivity index (χ4n) is 1.78. The van der Waals surface area contributed by atoms with Crippen molar-refractivity contribution in [2.24, 2.45) is 0 Å². The second kappa shape index (κ2) is 8.59. The fourth-order valence-corrected chi connectivity index (χ4v) is 2.60. The van der Waals surface area contributed by atoms with E-state index >= 15 is 0 Å². The standard InChI is InChI=1S/C15H17ClN4O2S/c1-2-13-19-20-15(23-13)18-12(21)4-3-9-17-14(22)10-5-7-11(16)8-6-10/h5-8H,2-4,9H2,1H3,(H,17,22)(H,18,20,21). The van der Waals surface area contributed by atoms with Crippen molar-refractivity contribution in [1.82, 2.24) is 15.5 Å². The smallest absolute Gasteiger partial charge is 0.251 e. The Labute approximate surface area is 143 Å². The highest BCUT2D eigenvalue weighted by atomic mass is 35.5. The molecule has 2 N–H and O–H groups in total. The number of amides is 2. The van der Waals surface area contributed by atoms with E-state index in [1.807, 2.05) is 6.92 Å². The van der Waals surface area contributed by atoms with Crippen LogP contribution in [0.5, 0.6) is 0 Å². The third-order valence-electron chi connectivity index (χ3n) is 2.99. The summed E-state index contributed by atoms with van der Waals surface area (Å²) in [6.07, 6.45) is 1.65. The quantitative estimate of drug-likeness (QED) is 0.750. The van der Waals surface area contributed by atoms with Crippen LogP contribution in [-0.2, 0) is 11.2 Å². The van der Waals surface area contributed by atoms with Crippen LogP contribution in [0.15, 0.2) is 24.3 Å². The van der Waals surface area contributed by atoms with Crippen molar-refractivity contribution in [3.63, 3.8) is 0 Å². The number of benzene rings is 1. The zero-order chi connectivity index (χ0) is 16.7. The molecule has 0 aliphatic rings. The summed E-state index contributed by atoms with van der Waals surface area (Å²) in [4.78, 5) is 23.6. The molecule has 0 spiro atoms. The van der Waals surface area contributed by atoms with Crippen LogP contribution in [0.4, 0.5) is 5.13 Å². The number of aryl methyl sites for hydroxylation is 1. The molecule has 0 saturated heterocycles. The van der Waals surface area contributed by atoms with Crippen molar-refractivity contribution >= 4 is 39.9 Å². The number of carbonyl (C=O) groups is 2. The summed E-state index contributed by atoms with van der Waals surface area (Å²) in [7, 11) is 0. The Morgan fingerprint density at radius 2 is 1.96 bits per heavy atom. The van der Waals surface area contributed by atoms with Gasteiger partial charge in [0.25, 0.3) is 5.91 Å². The van der Waals surface area contributed by atoms with Gasteiger partial charge in [-0.25, -0.2) is 0 Å². The summed E-state index contributed by atoms with van der Waals surface area (Å²) in [5.41, 5.74) is 0.541. The van der Waals surface area contributed by atoms with Crippen LogP contribution in [0, 0.1) is 0 Å². The molecular weight excluding hydrogens is 336 g/mol. The van der Waals surface area contributed by atoms with E-state index in [1.165, 1.54) is 11.3 Å². The number of halogens is 1. The van der Waals surface area contributed by atoms with Gasteiger partial charge >= 0.3 is 0 Å². The third-order valence-corrected chi connectivity index (χ3v) is 4.22. The minimum Gasteiger partial charge on any atom is -0.352 e. The van der Waals surface area contributed by atoms with Gasteiger partial charge in [0, 0.05) is 23.6 Å². The van der Waals surface area contributed by atoms with E-state index in [4.69, 9.17) is 11.6 Å². The predicted octanol–water partition coefficient (Wildman–Crippen LogP) is 2.90. The Bertz CT molecular complexity index is 672. The Hall–Kier alpha value is -1.99. The molecule has 2 amide bonds. The van der Waals surface area contributed by atoms with E-state index in [0.29, 0.717) is 35.1 Å². The van der Waals surface area contributed by atoms with Crippen molar-refractivity contribution in [2.45, 2.75) is 26.2 Å². The first-order valence-electron chi connectivity index (χ1n) is 7.24. The Kier molecular flexibility index (Phi) is 6.49. The highest BCUT2D eigenvalue weighted by Crippen LogP contribution is 2.15. The van der Waals surface area contributed by atoms with Gasteiger partial charge in [-0.3, -0.25) is 9.59 Å². The van der Waals surface area contributed by atoms with Crippen LogP contribution in [0.25, 0.3) is 0 Å². The topological polar surface area (TPSA) is 84.0 Å². The lowest BCUT2D eigenvalue weighted by Gasteiger charge is -2.05. The minimum atomic E-state index is -0.182. The van der Waals surface area contributed by atoms with Crippen molar-refractivity contribution in [3.8, 4) is 0 Å². The van der Waals surface area contributed by atoms with E-state index in [1.54, 1.807) is 24.3 Å². The second-order valence-corrected chi connectivity index (χ2v) is 6.27. The molecule has 1 aromatic carbocycles. The third kappa shape index (κ3) is 5.61. The van der Waals surface area contributed by atoms with Gasteiger partial charge in [0.1, 0.15) is 5.01 Å². The number of nitrogens with one attached hydrogen (secondary N) is 2. The molecule has 0 atom stereocenters. The molecule has 8 heteroatoms. The van der Waals surface area contributed by atoms with Gasteiger partial charge in [0.05, 0.1) is 0 Å². The van der Waals surface area contributed by atoms with Crippen LogP contribution in [0.2, 0.25) is 5.02 Å². The fraction of sp³-hybridized carbons (Fsp3) is 0.333. The summed E-state index contributed by atoms with van der Waals surface area (Å²) in [5.74, 6) is -0.316. The van der Waals surface area contributed by atoms with Gasteiger partial charge in [0.15, 0.2) is 0 Å². The lowest BCUT2D eigenvalue weighted by Crippen LogP contribution is -2.25. The zero-order valence-electron chi connectivity index (χ0n) is 12.6. The zero-order valence-corrected chi connectivity index (χ0v) is 14.2. The lowest BCUT2D eigenvalue weighted by atomic mass is 10.2. The number of hydrogen-bond donors (Lipinski definition) is 2. The van der Waals surface area contributed by atoms with E-state index < -0.39 is 0 Å². The molecule has 6 nitrogen and oxygen atoms in total. The SMILES string of the molecule is CCc1nnc(NC(=O)CCCNC(=O)c2ccc(Cl)cc2)s1. The van der Waals surface area contributed by atoms with E-state index in [-0.39, 0.29) is 11.8 Å². The molecule has 0 fully saturated rings. The second-order valence-electron chi connectivity index (χ2n) is 4.77. The molecule has 0 bridgehead atoms. The summed E-state index contributed by atoms with van der Waals surface area (Å²) >= 11 is 7.14. The van der Waals surface area contributed by atoms with E-state index in [2.05, 4.69) is 20.8 Å². The van der Waals surface area contributed by atoms with Crippen LogP contribution >= 0.6 is 22.9 Å². The van der Waals surface area contributed by atoms with Gasteiger partial charge in [-0.15, -0.1) is 10.2 Å². The van der Waals surface area contributed by atoms with Gasteiger partial charge in [-0.1, -0.05) is 29.9 Å². The summed E-state index contributed by atoms with van der Waals surface area (Å²) in [6, 6.07) is 6.64. The first-order chi connectivity index (χ1) is 11.1. The highest BCUT2D eigenvalue weighted by Gasteiger charge is 2.08. The molecule has 122 valence electrons. The van der Waals surface area contributed by atoms with Crippen LogP contribution in [0.1, 0.15) is 35.1 Å². The number of nitrogens with zero attached hydrogens (tertiary/aromatic N) is 2. The molecule has 23 heavy (non-hydrogen) atoms. The largest absolute Gasteiger partial charge is 0.352 e. The maximum atomic E-state index is 11.9. The lowest BCUT2D eigenvalue weighted by molar-refractivity contribution is -0.116. The highest BCUT2D eigenvalue weighted by molar-refractivity contribution is 7.15. The first kappa shape index (κ1) is 17.4. The average Bonchev–Trinajstić information content (AvgIpc) is 2.99. The Morgan fingerprint density at radius 1 is 1.22 bits per heavy atom. The molecule has 0 aliphatic heterocycles. The Morgan fingerprint density at radius 3 is 2.61 bits per heavy atom. The number of aromatic nitrogens is 2. The minimum absolute atomic E-state index is 0.135. The van der Waals surface area contributed by atoms with Crippen molar-refractivity contribution in [3.05, 3.63) is 39.9 Å². The van der Waals surface area contributed by atoms with E-state index in [0.717, 1.165) is 11.4 Å². The summed E-state index contributed by atoms with van der Waals surface area (Å²) < 4.78 is 0. The van der Waals surface area contributed by atoms with Crippen molar-refractivity contribution < 1.29 is 9.59 Å². The van der Waals surface area contributed by atoms with Crippen LogP contribution in [-0.4, -0.2) is 28.6 Å². The maximum Gasteiger partial charge on any atom is 0.251 e. The van der Waals surface area contributed by atoms with Gasteiger partial charge in [0.2, 0.25) is 11.0 Å². The average molecular weight is 353 g/mol. The maximum absolute atomic E-state index is 11.9. The molecular formula is C15H17ClN4O2S. The van der Waals surface area contributed by atoms with Crippen LogP contribution in [0.3, 0.4) is 0 Å². The molecule has 1 heterocycles. The number of hydrogen-bond acceptors (Lipinski definition) is 5. The van der Waals surface area contributed by atoms with Crippen LogP contribution < -0.4 is 10.6 Å². The van der Waals surface area contributed by atoms with Gasteiger partial charge in [-0.05, 0) is 37.1 Å². The molecule has 1 aromatic heterocycles. The van der Waals surface area contributed by atoms with Gasteiger partial charge in [-0.2, -0.15) is 0 Å². The first-order valence-corrected chi connectivity index (χ1v) is 8.44. The number of carbonyl (C=O) groups excluding carboxylic acids is 2. The summed E-state index contributed by atoms with van der Waals surface area (Å²) in [6.45, 7) is 2.40. The van der Waals surface area contributed by atoms with E-state index in [9.17, 15) is 9.59 Å². The predicted molar refractivity (Wildman–Crippen MR) is 90.9 cm³/mol. The van der Waals surface area contributed by atoms with Crippen molar-refractivity contribution in [1.29, 1.82) is 0 Å². The molecule has 2 aromatic rings. The van der Waals surface area contributed by atoms with Gasteiger partial charge < -0.3 is 10.6 Å². The number of anilines is 1. The normalized spacial score (nSPS) is 10.3. The number of rotatable bonds is 7. The molecule has 0 saturated carbocycles. The molecule has 0 radical (unpaired) electrons. The molecule has 0 aliphatic carbocycles. The summed E-state index contributed by atoms with van der Waals surface area (Å²) in [5, 5.41) is 15.3.